The third-order valence-corrected chi connectivity index (χ3v) is 8.21. The Hall–Kier alpha value is -2.92. The maximum atomic E-state index is 13.5. The lowest BCUT2D eigenvalue weighted by Crippen LogP contribution is -2.44. The second kappa shape index (κ2) is 9.48. The summed E-state index contributed by atoms with van der Waals surface area (Å²) in [5.41, 5.74) is 2.73. The quantitative estimate of drug-likeness (QED) is 0.578. The molecule has 0 spiro atoms. The van der Waals surface area contributed by atoms with E-state index in [2.05, 4.69) is 0 Å². The molecule has 1 heterocycles. The Bertz CT molecular complexity index is 1050. The molecule has 0 aromatic heterocycles. The predicted octanol–water partition coefficient (Wildman–Crippen LogP) is 4.42. The van der Waals surface area contributed by atoms with Gasteiger partial charge in [-0.3, -0.25) is 4.79 Å². The Labute approximate surface area is 184 Å². The van der Waals surface area contributed by atoms with Gasteiger partial charge < -0.3 is 4.90 Å². The van der Waals surface area contributed by atoms with E-state index in [1.54, 1.807) is 0 Å². The number of amides is 1. The molecule has 1 aliphatic rings. The van der Waals surface area contributed by atoms with E-state index < -0.39 is 15.1 Å². The summed E-state index contributed by atoms with van der Waals surface area (Å²) < 4.78 is 25.8. The Kier molecular flexibility index (Phi) is 6.52. The van der Waals surface area contributed by atoms with Gasteiger partial charge in [-0.15, -0.1) is 0 Å². The highest BCUT2D eigenvalue weighted by molar-refractivity contribution is 7.91. The van der Waals surface area contributed by atoms with Crippen molar-refractivity contribution in [3.05, 3.63) is 108 Å². The lowest BCUT2D eigenvalue weighted by molar-refractivity contribution is -0.132. The van der Waals surface area contributed by atoms with E-state index in [9.17, 15) is 13.2 Å². The molecule has 160 valence electrons. The maximum absolute atomic E-state index is 13.5. The van der Waals surface area contributed by atoms with Crippen molar-refractivity contribution >= 4 is 15.7 Å². The van der Waals surface area contributed by atoms with Crippen LogP contribution in [0.25, 0.3) is 0 Å². The fourth-order valence-corrected chi connectivity index (χ4v) is 6.13. The minimum Gasteiger partial charge on any atom is -0.342 e. The van der Waals surface area contributed by atoms with Crippen LogP contribution in [0.4, 0.5) is 0 Å². The maximum Gasteiger partial charge on any atom is 0.234 e. The van der Waals surface area contributed by atoms with E-state index in [1.807, 2.05) is 95.9 Å². The van der Waals surface area contributed by atoms with Crippen molar-refractivity contribution < 1.29 is 13.2 Å². The third-order valence-electron chi connectivity index (χ3n) is 5.98. The number of likely N-dealkylation sites (tertiary alicyclic amines) is 1. The van der Waals surface area contributed by atoms with Gasteiger partial charge in [0.15, 0.2) is 9.84 Å². The molecule has 0 bridgehead atoms. The average molecular weight is 434 g/mol. The number of hydrogen-bond donors (Lipinski definition) is 0. The number of benzene rings is 3. The molecular formula is C26H27NO3S. The SMILES string of the molecule is O=C(C(c1ccccc1)c1ccccc1)N1CCC(S(=O)(=O)Cc2ccccc2)CC1. The molecule has 4 rings (SSSR count). The first-order chi connectivity index (χ1) is 15.0. The minimum absolute atomic E-state index is 0.0382. The lowest BCUT2D eigenvalue weighted by atomic mass is 9.89. The normalized spacial score (nSPS) is 15.2. The van der Waals surface area contributed by atoms with Crippen molar-refractivity contribution in [2.45, 2.75) is 29.8 Å². The van der Waals surface area contributed by atoms with Crippen molar-refractivity contribution in [2.24, 2.45) is 0 Å². The van der Waals surface area contributed by atoms with Crippen molar-refractivity contribution in [2.75, 3.05) is 13.1 Å². The van der Waals surface area contributed by atoms with Crippen LogP contribution in [0.5, 0.6) is 0 Å². The fraction of sp³-hybridized carbons (Fsp3) is 0.269. The van der Waals surface area contributed by atoms with E-state index in [-0.39, 0.29) is 17.6 Å². The van der Waals surface area contributed by atoms with Gasteiger partial charge in [0.05, 0.1) is 16.9 Å². The summed E-state index contributed by atoms with van der Waals surface area (Å²) in [7, 11) is -3.25. The number of hydrogen-bond acceptors (Lipinski definition) is 3. The second-order valence-corrected chi connectivity index (χ2v) is 10.4. The highest BCUT2D eigenvalue weighted by Crippen LogP contribution is 2.29. The highest BCUT2D eigenvalue weighted by atomic mass is 32.2. The zero-order chi connectivity index (χ0) is 21.7. The molecule has 0 aliphatic carbocycles. The van der Waals surface area contributed by atoms with Crippen molar-refractivity contribution in [1.29, 1.82) is 0 Å². The van der Waals surface area contributed by atoms with E-state index >= 15 is 0 Å². The van der Waals surface area contributed by atoms with Crippen LogP contribution in [-0.4, -0.2) is 37.6 Å². The topological polar surface area (TPSA) is 54.5 Å². The van der Waals surface area contributed by atoms with Gasteiger partial charge in [0.25, 0.3) is 0 Å². The third kappa shape index (κ3) is 5.05. The van der Waals surface area contributed by atoms with Gasteiger partial charge >= 0.3 is 0 Å². The zero-order valence-electron chi connectivity index (χ0n) is 17.4. The van der Waals surface area contributed by atoms with E-state index in [1.165, 1.54) is 0 Å². The van der Waals surface area contributed by atoms with Gasteiger partial charge in [0.1, 0.15) is 0 Å². The first-order valence-electron chi connectivity index (χ1n) is 10.7. The van der Waals surface area contributed by atoms with Gasteiger partial charge in [-0.1, -0.05) is 91.0 Å². The highest BCUT2D eigenvalue weighted by Gasteiger charge is 2.34. The summed E-state index contributed by atoms with van der Waals surface area (Å²) in [5.74, 6) is -0.278. The largest absolute Gasteiger partial charge is 0.342 e. The number of nitrogens with zero attached hydrogens (tertiary/aromatic N) is 1. The van der Waals surface area contributed by atoms with Crippen molar-refractivity contribution in [3.63, 3.8) is 0 Å². The number of carbonyl (C=O) groups excluding carboxylic acids is 1. The predicted molar refractivity (Wildman–Crippen MR) is 123 cm³/mol. The first-order valence-corrected chi connectivity index (χ1v) is 12.4. The smallest absolute Gasteiger partial charge is 0.234 e. The molecule has 5 heteroatoms. The molecule has 0 radical (unpaired) electrons. The number of carbonyl (C=O) groups is 1. The molecule has 31 heavy (non-hydrogen) atoms. The fourth-order valence-electron chi connectivity index (χ4n) is 4.31. The summed E-state index contributed by atoms with van der Waals surface area (Å²) in [6, 6.07) is 28.9. The van der Waals surface area contributed by atoms with E-state index in [4.69, 9.17) is 0 Å². The molecule has 0 N–H and O–H groups in total. The Morgan fingerprint density at radius 2 is 1.23 bits per heavy atom. The molecule has 1 aliphatic heterocycles. The zero-order valence-corrected chi connectivity index (χ0v) is 18.2. The number of sulfone groups is 1. The van der Waals surface area contributed by atoms with Gasteiger partial charge in [-0.2, -0.15) is 0 Å². The standard InChI is InChI=1S/C26H27NO3S/c28-26(25(22-12-6-2-7-13-22)23-14-8-3-9-15-23)27-18-16-24(17-19-27)31(29,30)20-21-10-4-1-5-11-21/h1-15,24-25H,16-20H2. The van der Waals surface area contributed by atoms with Crippen LogP contribution in [0.3, 0.4) is 0 Å². The Morgan fingerprint density at radius 3 is 1.71 bits per heavy atom. The van der Waals surface area contributed by atoms with Crippen LogP contribution in [-0.2, 0) is 20.4 Å². The first kappa shape index (κ1) is 21.3. The number of piperidine rings is 1. The Balaban J connectivity index is 1.47. The molecule has 0 saturated carbocycles. The van der Waals surface area contributed by atoms with Crippen LogP contribution in [0, 0.1) is 0 Å². The monoisotopic (exact) mass is 433 g/mol. The average Bonchev–Trinajstić information content (AvgIpc) is 2.81. The summed E-state index contributed by atoms with van der Waals surface area (Å²) in [5, 5.41) is -0.399. The lowest BCUT2D eigenvalue weighted by Gasteiger charge is -2.34. The molecule has 3 aromatic carbocycles. The van der Waals surface area contributed by atoms with Crippen molar-refractivity contribution in [3.8, 4) is 0 Å². The Morgan fingerprint density at radius 1 is 0.774 bits per heavy atom. The van der Waals surface area contributed by atoms with Crippen LogP contribution in [0.15, 0.2) is 91.0 Å². The summed E-state index contributed by atoms with van der Waals surface area (Å²) >= 11 is 0. The van der Waals surface area contributed by atoms with E-state index in [0.717, 1.165) is 16.7 Å². The minimum atomic E-state index is -3.25. The second-order valence-electron chi connectivity index (χ2n) is 8.07. The molecule has 1 fully saturated rings. The van der Waals surface area contributed by atoms with Crippen LogP contribution in [0.1, 0.15) is 35.4 Å². The van der Waals surface area contributed by atoms with Crippen molar-refractivity contribution in [1.82, 2.24) is 4.90 Å². The van der Waals surface area contributed by atoms with Gasteiger partial charge in [-0.25, -0.2) is 8.42 Å². The molecule has 4 nitrogen and oxygen atoms in total. The molecule has 0 atom stereocenters. The summed E-state index contributed by atoms with van der Waals surface area (Å²) in [6.07, 6.45) is 0.967. The molecule has 1 saturated heterocycles. The summed E-state index contributed by atoms with van der Waals surface area (Å²) in [6.45, 7) is 0.932. The number of rotatable bonds is 6. The van der Waals surface area contributed by atoms with E-state index in [0.29, 0.717) is 25.9 Å². The van der Waals surface area contributed by atoms with Gasteiger partial charge in [-0.05, 0) is 29.5 Å². The molecule has 0 unspecified atom stereocenters. The summed E-state index contributed by atoms with van der Waals surface area (Å²) in [4.78, 5) is 15.4. The molecular weight excluding hydrogens is 406 g/mol. The molecule has 3 aromatic rings. The molecule has 1 amide bonds. The van der Waals surface area contributed by atoms with Crippen LogP contribution in [0.2, 0.25) is 0 Å². The van der Waals surface area contributed by atoms with Crippen LogP contribution < -0.4 is 0 Å². The van der Waals surface area contributed by atoms with Gasteiger partial charge in [0, 0.05) is 13.1 Å². The van der Waals surface area contributed by atoms with Crippen LogP contribution >= 0.6 is 0 Å². The van der Waals surface area contributed by atoms with Gasteiger partial charge in [0.2, 0.25) is 5.91 Å².